The molecule has 18 heteroatoms. The molecule has 18 nitrogen and oxygen atoms in total. The Kier molecular flexibility index (Phi) is 14.0. The van der Waals surface area contributed by atoms with Gasteiger partial charge in [-0.05, 0) is 60.7 Å². The van der Waals surface area contributed by atoms with E-state index in [-0.39, 0.29) is 51.5 Å². The molecule has 0 aliphatic carbocycles. The highest BCUT2D eigenvalue weighted by molar-refractivity contribution is 6.00. The molecule has 0 saturated carbocycles. The zero-order valence-electron chi connectivity index (χ0n) is 29.2. The highest BCUT2D eigenvalue weighted by Crippen LogP contribution is 2.30. The van der Waals surface area contributed by atoms with Gasteiger partial charge in [0.15, 0.2) is 23.0 Å². The van der Waals surface area contributed by atoms with Crippen molar-refractivity contribution in [3.63, 3.8) is 0 Å². The van der Waals surface area contributed by atoms with Crippen LogP contribution in [0.5, 0.6) is 23.0 Å². The predicted octanol–water partition coefficient (Wildman–Crippen LogP) is 2.45. The second-order valence-electron chi connectivity index (χ2n) is 11.1. The van der Waals surface area contributed by atoms with Crippen LogP contribution in [0.2, 0.25) is 0 Å². The van der Waals surface area contributed by atoms with Crippen molar-refractivity contribution in [1.82, 2.24) is 10.9 Å². The Hall–Kier alpha value is -6.98. The monoisotopic (exact) mass is 737 g/mol. The van der Waals surface area contributed by atoms with Crippen molar-refractivity contribution < 1.29 is 71.9 Å². The Morgan fingerprint density at radius 2 is 1.04 bits per heavy atom. The van der Waals surface area contributed by atoms with Gasteiger partial charge in [-0.1, -0.05) is 13.8 Å². The molecule has 0 spiro atoms. The van der Waals surface area contributed by atoms with E-state index in [0.29, 0.717) is 5.69 Å². The third-order valence-electron chi connectivity index (χ3n) is 6.79. The fourth-order valence-electron chi connectivity index (χ4n) is 4.18. The molecule has 0 fully saturated rings. The number of carbonyl (C=O) groups excluding carboxylic acids is 7. The lowest BCUT2D eigenvalue weighted by molar-refractivity contribution is -0.159. The summed E-state index contributed by atoms with van der Waals surface area (Å²) in [6, 6.07) is 12.2. The highest BCUT2D eigenvalue weighted by Gasteiger charge is 2.41. The maximum absolute atomic E-state index is 13.4. The number of carbonyl (C=O) groups is 8. The number of anilines is 1. The lowest BCUT2D eigenvalue weighted by Crippen LogP contribution is -2.54. The standard InChI is InChI=1S/C35H35N3O15/c1-17(2)30(41)36-23-11-7-20(8-12-23)31(42)37-38-32(43)28(52-34(46)21-9-13-24(50-18(3)39)26(15-21)48-5)29(33(44)45)53-35(47)22-10-14-25(51-19(4)40)27(16-22)49-6/h7-17,28-29H,1-6H3,(H,36,41)(H,37,42)(H,38,43)(H,44,45)/t28-,29+/m1/s1. The Morgan fingerprint density at radius 3 is 1.45 bits per heavy atom. The zero-order chi connectivity index (χ0) is 39.4. The van der Waals surface area contributed by atoms with Gasteiger partial charge in [0, 0.05) is 31.0 Å². The van der Waals surface area contributed by atoms with Gasteiger partial charge >= 0.3 is 29.8 Å². The van der Waals surface area contributed by atoms with E-state index in [1.807, 2.05) is 5.43 Å². The van der Waals surface area contributed by atoms with Crippen LogP contribution in [0.3, 0.4) is 0 Å². The number of hydrazine groups is 1. The molecule has 0 radical (unpaired) electrons. The molecule has 3 amide bonds. The second kappa shape index (κ2) is 18.3. The average Bonchev–Trinajstić information content (AvgIpc) is 3.11. The van der Waals surface area contributed by atoms with Crippen molar-refractivity contribution in [2.24, 2.45) is 5.92 Å². The van der Waals surface area contributed by atoms with E-state index in [0.717, 1.165) is 38.1 Å². The van der Waals surface area contributed by atoms with Crippen LogP contribution in [0.1, 0.15) is 58.8 Å². The smallest absolute Gasteiger partial charge is 0.349 e. The molecule has 0 aromatic heterocycles. The lowest BCUT2D eigenvalue weighted by Gasteiger charge is -2.24. The number of hydrogen-bond donors (Lipinski definition) is 4. The van der Waals surface area contributed by atoms with Gasteiger partial charge in [-0.25, -0.2) is 14.4 Å². The third kappa shape index (κ3) is 11.3. The van der Waals surface area contributed by atoms with Crippen LogP contribution in [0, 0.1) is 5.92 Å². The van der Waals surface area contributed by atoms with Gasteiger partial charge in [0.2, 0.25) is 18.1 Å². The fraction of sp³-hybridized carbons (Fsp3) is 0.257. The topological polar surface area (TPSA) is 248 Å². The Balaban J connectivity index is 1.91. The highest BCUT2D eigenvalue weighted by atomic mass is 16.6. The van der Waals surface area contributed by atoms with E-state index >= 15 is 0 Å². The predicted molar refractivity (Wildman–Crippen MR) is 180 cm³/mol. The number of esters is 4. The number of hydrogen-bond acceptors (Lipinski definition) is 14. The maximum Gasteiger partial charge on any atom is 0.349 e. The molecule has 3 rings (SSSR count). The number of rotatable bonds is 14. The molecule has 0 heterocycles. The van der Waals surface area contributed by atoms with Gasteiger partial charge in [-0.15, -0.1) is 0 Å². The minimum Gasteiger partial charge on any atom is -0.493 e. The van der Waals surface area contributed by atoms with Crippen LogP contribution in [0.25, 0.3) is 0 Å². The van der Waals surface area contributed by atoms with Gasteiger partial charge in [0.25, 0.3) is 11.8 Å². The summed E-state index contributed by atoms with van der Waals surface area (Å²) >= 11 is 0. The van der Waals surface area contributed by atoms with Gasteiger partial charge in [0.1, 0.15) is 0 Å². The van der Waals surface area contributed by atoms with Crippen LogP contribution < -0.4 is 35.1 Å². The summed E-state index contributed by atoms with van der Waals surface area (Å²) in [5, 5.41) is 12.7. The molecule has 2 atom stereocenters. The molecule has 0 aliphatic rings. The quantitative estimate of drug-likeness (QED) is 0.105. The van der Waals surface area contributed by atoms with Crippen LogP contribution in [0.15, 0.2) is 60.7 Å². The molecule has 0 unspecified atom stereocenters. The van der Waals surface area contributed by atoms with Crippen molar-refractivity contribution in [3.05, 3.63) is 77.4 Å². The van der Waals surface area contributed by atoms with Gasteiger partial charge < -0.3 is 38.8 Å². The summed E-state index contributed by atoms with van der Waals surface area (Å²) in [6.07, 6.45) is -4.97. The van der Waals surface area contributed by atoms with E-state index in [1.54, 1.807) is 13.8 Å². The first kappa shape index (κ1) is 40.4. The van der Waals surface area contributed by atoms with E-state index in [4.69, 9.17) is 28.4 Å². The molecule has 3 aromatic rings. The molecular weight excluding hydrogens is 702 g/mol. The lowest BCUT2D eigenvalue weighted by atomic mass is 10.1. The number of methoxy groups -OCH3 is 2. The molecule has 0 aliphatic heterocycles. The first-order chi connectivity index (χ1) is 25.0. The number of aliphatic carboxylic acids is 1. The Labute approximate surface area is 301 Å². The van der Waals surface area contributed by atoms with Crippen molar-refractivity contribution in [3.8, 4) is 23.0 Å². The fourth-order valence-corrected chi connectivity index (χ4v) is 4.18. The summed E-state index contributed by atoms with van der Waals surface area (Å²) < 4.78 is 30.6. The van der Waals surface area contributed by atoms with E-state index in [2.05, 4.69) is 10.7 Å². The van der Waals surface area contributed by atoms with Crippen LogP contribution in [-0.4, -0.2) is 79.1 Å². The van der Waals surface area contributed by atoms with Crippen molar-refractivity contribution >= 4 is 53.3 Å². The number of carboxylic acids is 1. The number of benzene rings is 3. The summed E-state index contributed by atoms with van der Waals surface area (Å²) in [7, 11) is 2.41. The van der Waals surface area contributed by atoms with Crippen molar-refractivity contribution in [2.45, 2.75) is 39.9 Å². The second-order valence-corrected chi connectivity index (χ2v) is 11.1. The summed E-state index contributed by atoms with van der Waals surface area (Å²) in [6.45, 7) is 5.65. The van der Waals surface area contributed by atoms with Gasteiger partial charge in [-0.3, -0.25) is 34.8 Å². The average molecular weight is 738 g/mol. The molecule has 4 N–H and O–H groups in total. The van der Waals surface area contributed by atoms with Crippen LogP contribution in [-0.2, 0) is 33.4 Å². The SMILES string of the molecule is COc1cc(C(=O)O[C@H](C(=O)O)[C@@H](OC(=O)c2ccc(OC(C)=O)c(OC)c2)C(=O)NNC(=O)c2ccc(NC(=O)C(C)C)cc2)ccc1OC(C)=O. The summed E-state index contributed by atoms with van der Waals surface area (Å²) in [5.74, 6) is -9.26. The van der Waals surface area contributed by atoms with Crippen LogP contribution >= 0.6 is 0 Å². The minimum atomic E-state index is -2.52. The number of ether oxygens (including phenoxy) is 6. The Morgan fingerprint density at radius 1 is 0.585 bits per heavy atom. The van der Waals surface area contributed by atoms with E-state index < -0.39 is 53.9 Å². The summed E-state index contributed by atoms with van der Waals surface area (Å²) in [5.41, 5.74) is 3.76. The molecular formula is C35H35N3O15. The van der Waals surface area contributed by atoms with Crippen molar-refractivity contribution in [1.29, 1.82) is 0 Å². The van der Waals surface area contributed by atoms with E-state index in [1.165, 1.54) is 50.6 Å². The third-order valence-corrected chi connectivity index (χ3v) is 6.79. The first-order valence-electron chi connectivity index (χ1n) is 15.4. The van der Waals surface area contributed by atoms with Crippen molar-refractivity contribution in [2.75, 3.05) is 19.5 Å². The number of carboxylic acid groups (broad SMARTS) is 1. The largest absolute Gasteiger partial charge is 0.493 e. The molecule has 53 heavy (non-hydrogen) atoms. The normalized spacial score (nSPS) is 11.5. The number of amides is 3. The first-order valence-corrected chi connectivity index (χ1v) is 15.4. The maximum atomic E-state index is 13.4. The van der Waals surface area contributed by atoms with Gasteiger partial charge in [-0.2, -0.15) is 0 Å². The molecule has 280 valence electrons. The molecule has 3 aromatic carbocycles. The molecule has 0 saturated heterocycles. The Bertz CT molecular complexity index is 1910. The molecule has 0 bridgehead atoms. The minimum absolute atomic E-state index is 0.00582. The van der Waals surface area contributed by atoms with Gasteiger partial charge in [0.05, 0.1) is 25.3 Å². The van der Waals surface area contributed by atoms with Crippen LogP contribution in [0.4, 0.5) is 5.69 Å². The zero-order valence-corrected chi connectivity index (χ0v) is 29.2. The summed E-state index contributed by atoms with van der Waals surface area (Å²) in [4.78, 5) is 100. The van der Waals surface area contributed by atoms with E-state index in [9.17, 15) is 43.5 Å². The number of nitrogens with one attached hydrogen (secondary N) is 3.